The average molecular weight is 455 g/mol. The van der Waals surface area contributed by atoms with E-state index in [-0.39, 0.29) is 17.9 Å². The monoisotopic (exact) mass is 455 g/mol. The fraction of sp³-hybridized carbons (Fsp3) is 0.217. The molecule has 2 atom stereocenters. The lowest BCUT2D eigenvalue weighted by Crippen LogP contribution is -2.53. The number of hydrogen-bond donors (Lipinski definition) is 3. The number of nitrogens with zero attached hydrogens (tertiary/aromatic N) is 2. The van der Waals surface area contributed by atoms with E-state index < -0.39 is 23.9 Å². The maximum atomic E-state index is 14.4. The highest BCUT2D eigenvalue weighted by molar-refractivity contribution is 5.77. The van der Waals surface area contributed by atoms with Crippen LogP contribution in [0.2, 0.25) is 0 Å². The van der Waals surface area contributed by atoms with Gasteiger partial charge in [-0.3, -0.25) is 20.0 Å². The predicted molar refractivity (Wildman–Crippen MR) is 121 cm³/mol. The van der Waals surface area contributed by atoms with Gasteiger partial charge in [0.1, 0.15) is 30.1 Å². The first kappa shape index (κ1) is 22.6. The zero-order chi connectivity index (χ0) is 23.6. The van der Waals surface area contributed by atoms with Crippen molar-refractivity contribution in [1.29, 1.82) is 10.8 Å². The van der Waals surface area contributed by atoms with Crippen LogP contribution in [0.5, 0.6) is 5.75 Å². The summed E-state index contributed by atoms with van der Waals surface area (Å²) in [6.07, 6.45) is 4.27. The number of benzene rings is 1. The number of ether oxygens (including phenoxy) is 2. The highest BCUT2D eigenvalue weighted by Gasteiger charge is 2.37. The van der Waals surface area contributed by atoms with Gasteiger partial charge in [0.15, 0.2) is 6.23 Å². The number of aromatic nitrogens is 1. The number of quaternary nitrogens is 1. The van der Waals surface area contributed by atoms with Crippen molar-refractivity contribution in [2.24, 2.45) is 0 Å². The normalized spacial score (nSPS) is 22.0. The molecule has 3 heterocycles. The molecule has 1 aromatic carbocycles. The Balaban J connectivity index is 1.78. The number of hydrogen-bond acceptors (Lipinski definition) is 6. The van der Waals surface area contributed by atoms with E-state index in [1.165, 1.54) is 11.7 Å². The standard InChI is InChI=1S/C23H23F2N5O3/c1-32-19-6-4-18(5-7-19)30(31)12-17(16-2-8-21(27)29(11-16)14-26)10-15-3-9-22(28-23(15)30)33-13-20(24)25/h2-11,14,20,22,26-28H,12-13H2,1H3. The Labute approximate surface area is 188 Å². The van der Waals surface area contributed by atoms with E-state index in [1.807, 2.05) is 6.08 Å². The van der Waals surface area contributed by atoms with Crippen LogP contribution in [0, 0.1) is 16.0 Å². The minimum Gasteiger partial charge on any atom is -0.620 e. The van der Waals surface area contributed by atoms with Crippen molar-refractivity contribution in [3.63, 3.8) is 0 Å². The Morgan fingerprint density at radius 2 is 2.03 bits per heavy atom. The van der Waals surface area contributed by atoms with Gasteiger partial charge in [0.05, 0.1) is 19.0 Å². The van der Waals surface area contributed by atoms with Crippen LogP contribution in [0.1, 0.15) is 5.56 Å². The molecule has 8 nitrogen and oxygen atoms in total. The minimum atomic E-state index is -2.62. The molecule has 0 amide bonds. The van der Waals surface area contributed by atoms with E-state index in [0.717, 1.165) is 6.34 Å². The SMILES string of the molecule is COc1ccc([N+]2([O-])CC(c3ccc(=N)n(C=N)c3)=CC3=C2NC(OCC(F)F)C=C3)cc1. The zero-order valence-corrected chi connectivity index (χ0v) is 17.8. The summed E-state index contributed by atoms with van der Waals surface area (Å²) in [7, 11) is 1.53. The molecular formula is C23H23F2N5O3. The predicted octanol–water partition coefficient (Wildman–Crippen LogP) is 3.31. The average Bonchev–Trinajstić information content (AvgIpc) is 2.83. The van der Waals surface area contributed by atoms with E-state index in [4.69, 9.17) is 20.3 Å². The van der Waals surface area contributed by atoms with E-state index in [0.29, 0.717) is 28.1 Å². The molecule has 0 radical (unpaired) electrons. The second-order valence-corrected chi connectivity index (χ2v) is 7.56. The fourth-order valence-corrected chi connectivity index (χ4v) is 3.82. The lowest BCUT2D eigenvalue weighted by Gasteiger charge is -2.47. The number of halogens is 2. The van der Waals surface area contributed by atoms with Crippen LogP contribution in [0.3, 0.4) is 0 Å². The number of allylic oxidation sites excluding steroid dienone is 3. The first-order chi connectivity index (χ1) is 15.8. The van der Waals surface area contributed by atoms with Crippen LogP contribution in [-0.2, 0) is 4.74 Å². The summed E-state index contributed by atoms with van der Waals surface area (Å²) in [5.74, 6) is 0.878. The van der Waals surface area contributed by atoms with Crippen molar-refractivity contribution in [3.8, 4) is 5.75 Å². The number of dihydropyridines is 1. The van der Waals surface area contributed by atoms with Gasteiger partial charge in [0, 0.05) is 29.5 Å². The highest BCUT2D eigenvalue weighted by Crippen LogP contribution is 2.39. The Hall–Kier alpha value is -3.60. The Bertz CT molecular complexity index is 1200. The summed E-state index contributed by atoms with van der Waals surface area (Å²) in [5.41, 5.74) is 2.55. The Morgan fingerprint density at radius 3 is 2.70 bits per heavy atom. The molecule has 0 saturated carbocycles. The van der Waals surface area contributed by atoms with Crippen LogP contribution < -0.4 is 20.2 Å². The molecule has 2 aromatic rings. The summed E-state index contributed by atoms with van der Waals surface area (Å²) in [6, 6.07) is 9.99. The topological polar surface area (TPSA) is 106 Å². The molecule has 10 heteroatoms. The quantitative estimate of drug-likeness (QED) is 0.258. The minimum absolute atomic E-state index is 0.00289. The molecule has 0 spiro atoms. The molecule has 3 N–H and O–H groups in total. The van der Waals surface area contributed by atoms with Gasteiger partial charge in [-0.2, -0.15) is 0 Å². The van der Waals surface area contributed by atoms with Crippen LogP contribution >= 0.6 is 0 Å². The number of alkyl halides is 2. The number of nitrogens with one attached hydrogen (secondary N) is 3. The summed E-state index contributed by atoms with van der Waals surface area (Å²) >= 11 is 0. The van der Waals surface area contributed by atoms with E-state index >= 15 is 0 Å². The van der Waals surface area contributed by atoms with Crippen molar-refractivity contribution in [2.45, 2.75) is 12.7 Å². The smallest absolute Gasteiger partial charge is 0.261 e. The molecule has 33 heavy (non-hydrogen) atoms. The number of hydroxylamine groups is 2. The fourth-order valence-electron chi connectivity index (χ4n) is 3.82. The molecule has 2 unspecified atom stereocenters. The third-order valence-electron chi connectivity index (χ3n) is 5.47. The molecular weight excluding hydrogens is 432 g/mol. The van der Waals surface area contributed by atoms with Crippen molar-refractivity contribution >= 4 is 17.6 Å². The van der Waals surface area contributed by atoms with Crippen LogP contribution in [0.4, 0.5) is 14.5 Å². The van der Waals surface area contributed by atoms with Gasteiger partial charge < -0.3 is 20.0 Å². The Kier molecular flexibility index (Phi) is 6.23. The lowest BCUT2D eigenvalue weighted by molar-refractivity contribution is -0.0173. The van der Waals surface area contributed by atoms with Gasteiger partial charge in [0.2, 0.25) is 5.82 Å². The van der Waals surface area contributed by atoms with Crippen LogP contribution in [0.15, 0.2) is 72.2 Å². The summed E-state index contributed by atoms with van der Waals surface area (Å²) < 4.78 is 36.1. The molecule has 172 valence electrons. The number of methoxy groups -OCH3 is 1. The van der Waals surface area contributed by atoms with Crippen molar-refractivity contribution < 1.29 is 18.3 Å². The third-order valence-corrected chi connectivity index (χ3v) is 5.47. The summed E-state index contributed by atoms with van der Waals surface area (Å²) in [6.45, 7) is -0.751. The lowest BCUT2D eigenvalue weighted by atomic mass is 9.97. The Morgan fingerprint density at radius 1 is 1.27 bits per heavy atom. The van der Waals surface area contributed by atoms with Gasteiger partial charge in [-0.25, -0.2) is 8.78 Å². The van der Waals surface area contributed by atoms with E-state index in [2.05, 4.69) is 5.32 Å². The maximum Gasteiger partial charge on any atom is 0.261 e. The van der Waals surface area contributed by atoms with Crippen molar-refractivity contribution in [1.82, 2.24) is 14.5 Å². The van der Waals surface area contributed by atoms with E-state index in [1.54, 1.807) is 54.7 Å². The first-order valence-electron chi connectivity index (χ1n) is 10.2. The number of rotatable bonds is 7. The van der Waals surface area contributed by atoms with E-state index in [9.17, 15) is 14.0 Å². The van der Waals surface area contributed by atoms with Gasteiger partial charge in [-0.15, -0.1) is 0 Å². The molecule has 2 aliphatic rings. The molecule has 1 aromatic heterocycles. The molecule has 0 saturated heterocycles. The van der Waals surface area contributed by atoms with Gasteiger partial charge in [-0.05, 0) is 42.5 Å². The maximum absolute atomic E-state index is 14.4. The van der Waals surface area contributed by atoms with Gasteiger partial charge in [-0.1, -0.05) is 0 Å². The second kappa shape index (κ2) is 9.10. The van der Waals surface area contributed by atoms with Gasteiger partial charge >= 0.3 is 0 Å². The van der Waals surface area contributed by atoms with Crippen LogP contribution in [-0.4, -0.2) is 43.8 Å². The summed E-state index contributed by atoms with van der Waals surface area (Å²) in [4.78, 5) is 0. The first-order valence-corrected chi connectivity index (χ1v) is 10.2. The number of pyridine rings is 1. The highest BCUT2D eigenvalue weighted by atomic mass is 19.3. The third kappa shape index (κ3) is 4.49. The molecule has 2 aliphatic heterocycles. The van der Waals surface area contributed by atoms with Crippen LogP contribution in [0.25, 0.3) is 5.57 Å². The zero-order valence-electron chi connectivity index (χ0n) is 17.8. The van der Waals surface area contributed by atoms with Crippen molar-refractivity contribution in [2.75, 3.05) is 20.3 Å². The molecule has 0 bridgehead atoms. The molecule has 4 rings (SSSR count). The molecule has 0 fully saturated rings. The largest absolute Gasteiger partial charge is 0.620 e. The van der Waals surface area contributed by atoms with Crippen molar-refractivity contribution in [3.05, 3.63) is 88.5 Å². The van der Waals surface area contributed by atoms with Gasteiger partial charge in [0.25, 0.3) is 6.43 Å². The molecule has 0 aliphatic carbocycles. The summed E-state index contributed by atoms with van der Waals surface area (Å²) in [5, 5.41) is 32.8. The second-order valence-electron chi connectivity index (χ2n) is 7.56.